The Bertz CT molecular complexity index is 670. The van der Waals surface area contributed by atoms with Crippen molar-refractivity contribution in [2.24, 2.45) is 0 Å². The van der Waals surface area contributed by atoms with E-state index in [-0.39, 0.29) is 12.1 Å². The van der Waals surface area contributed by atoms with Crippen LogP contribution in [0.2, 0.25) is 0 Å². The summed E-state index contributed by atoms with van der Waals surface area (Å²) in [6, 6.07) is 15.6. The number of urea groups is 1. The van der Waals surface area contributed by atoms with E-state index < -0.39 is 0 Å². The second-order valence-corrected chi connectivity index (χ2v) is 5.44. The molecule has 2 N–H and O–H groups in total. The lowest BCUT2D eigenvalue weighted by atomic mass is 9.88. The standard InChI is InChI=1S/C18H20N2O2/c1-22-17-12-5-4-10-16(17)20-18(21)19-15-11-6-8-13-7-2-3-9-14(13)15/h2-5,7,9-10,12,15H,6,8,11H2,1H3,(H2,19,20,21)/t15-/m0/s1. The molecule has 1 atom stereocenters. The predicted molar refractivity (Wildman–Crippen MR) is 87.3 cm³/mol. The molecule has 2 aromatic carbocycles. The van der Waals surface area contributed by atoms with Crippen LogP contribution >= 0.6 is 0 Å². The molecule has 2 amide bonds. The summed E-state index contributed by atoms with van der Waals surface area (Å²) in [4.78, 5) is 12.3. The number of hydrogen-bond acceptors (Lipinski definition) is 2. The van der Waals surface area contributed by atoms with Gasteiger partial charge >= 0.3 is 6.03 Å². The fourth-order valence-corrected chi connectivity index (χ4v) is 2.97. The van der Waals surface area contributed by atoms with Crippen LogP contribution in [0, 0.1) is 0 Å². The van der Waals surface area contributed by atoms with Crippen LogP contribution in [0.25, 0.3) is 0 Å². The average Bonchev–Trinajstić information content (AvgIpc) is 2.55. The summed E-state index contributed by atoms with van der Waals surface area (Å²) in [6.45, 7) is 0. The Morgan fingerprint density at radius 2 is 1.91 bits per heavy atom. The maximum Gasteiger partial charge on any atom is 0.319 e. The zero-order chi connectivity index (χ0) is 15.4. The second kappa shape index (κ2) is 6.52. The summed E-state index contributed by atoms with van der Waals surface area (Å²) in [7, 11) is 1.59. The Hall–Kier alpha value is -2.49. The van der Waals surface area contributed by atoms with Gasteiger partial charge in [-0.15, -0.1) is 0 Å². The van der Waals surface area contributed by atoms with Gasteiger partial charge in [0.15, 0.2) is 0 Å². The Morgan fingerprint density at radius 1 is 1.14 bits per heavy atom. The van der Waals surface area contributed by atoms with Crippen LogP contribution in [0.3, 0.4) is 0 Å². The molecule has 0 aromatic heterocycles. The number of aryl methyl sites for hydroxylation is 1. The highest BCUT2D eigenvalue weighted by Crippen LogP contribution is 2.29. The van der Waals surface area contributed by atoms with E-state index in [0.717, 1.165) is 19.3 Å². The highest BCUT2D eigenvalue weighted by atomic mass is 16.5. The molecule has 22 heavy (non-hydrogen) atoms. The monoisotopic (exact) mass is 296 g/mol. The van der Waals surface area contributed by atoms with Crippen molar-refractivity contribution in [1.29, 1.82) is 0 Å². The number of benzene rings is 2. The van der Waals surface area contributed by atoms with E-state index in [1.165, 1.54) is 11.1 Å². The van der Waals surface area contributed by atoms with Crippen LogP contribution in [0.4, 0.5) is 10.5 Å². The van der Waals surface area contributed by atoms with Crippen molar-refractivity contribution in [3.05, 3.63) is 59.7 Å². The predicted octanol–water partition coefficient (Wildman–Crippen LogP) is 3.89. The van der Waals surface area contributed by atoms with Gasteiger partial charge in [-0.2, -0.15) is 0 Å². The number of amides is 2. The third kappa shape index (κ3) is 3.06. The zero-order valence-electron chi connectivity index (χ0n) is 12.6. The first-order chi connectivity index (χ1) is 10.8. The lowest BCUT2D eigenvalue weighted by molar-refractivity contribution is 0.247. The number of hydrogen-bond donors (Lipinski definition) is 2. The molecule has 0 unspecified atom stereocenters. The molecular formula is C18H20N2O2. The number of nitrogens with one attached hydrogen (secondary N) is 2. The van der Waals surface area contributed by atoms with Gasteiger partial charge in [-0.1, -0.05) is 36.4 Å². The van der Waals surface area contributed by atoms with E-state index in [1.54, 1.807) is 7.11 Å². The quantitative estimate of drug-likeness (QED) is 0.902. The zero-order valence-corrected chi connectivity index (χ0v) is 12.6. The SMILES string of the molecule is COc1ccccc1NC(=O)N[C@H]1CCCc2ccccc21. The fourth-order valence-electron chi connectivity index (χ4n) is 2.97. The molecule has 3 rings (SSSR count). The van der Waals surface area contributed by atoms with Crippen molar-refractivity contribution in [1.82, 2.24) is 5.32 Å². The summed E-state index contributed by atoms with van der Waals surface area (Å²) in [5.74, 6) is 0.654. The highest BCUT2D eigenvalue weighted by molar-refractivity contribution is 5.91. The Morgan fingerprint density at radius 3 is 2.77 bits per heavy atom. The van der Waals surface area contributed by atoms with Crippen molar-refractivity contribution in [3.8, 4) is 5.75 Å². The van der Waals surface area contributed by atoms with E-state index in [2.05, 4.69) is 28.8 Å². The Labute approximate surface area is 130 Å². The van der Waals surface area contributed by atoms with Gasteiger partial charge in [0.05, 0.1) is 18.8 Å². The van der Waals surface area contributed by atoms with Gasteiger partial charge in [0.1, 0.15) is 5.75 Å². The number of carbonyl (C=O) groups excluding carboxylic acids is 1. The first-order valence-electron chi connectivity index (χ1n) is 7.56. The normalized spacial score (nSPS) is 16.5. The molecule has 0 fully saturated rings. The third-order valence-corrected chi connectivity index (χ3v) is 4.03. The van der Waals surface area contributed by atoms with E-state index in [4.69, 9.17) is 4.74 Å². The molecule has 4 heteroatoms. The first-order valence-corrected chi connectivity index (χ1v) is 7.56. The van der Waals surface area contributed by atoms with Gasteiger partial charge in [-0.25, -0.2) is 4.79 Å². The van der Waals surface area contributed by atoms with Crippen molar-refractivity contribution < 1.29 is 9.53 Å². The van der Waals surface area contributed by atoms with Crippen molar-refractivity contribution in [3.63, 3.8) is 0 Å². The molecule has 0 radical (unpaired) electrons. The lowest BCUT2D eigenvalue weighted by Crippen LogP contribution is -2.34. The lowest BCUT2D eigenvalue weighted by Gasteiger charge is -2.26. The van der Waals surface area contributed by atoms with Crippen molar-refractivity contribution in [2.75, 3.05) is 12.4 Å². The van der Waals surface area contributed by atoms with Gasteiger partial charge in [0.25, 0.3) is 0 Å². The van der Waals surface area contributed by atoms with Crippen LogP contribution in [0.1, 0.15) is 30.0 Å². The van der Waals surface area contributed by atoms with E-state index in [1.807, 2.05) is 30.3 Å². The van der Waals surface area contributed by atoms with Crippen LogP contribution in [-0.2, 0) is 6.42 Å². The Kier molecular flexibility index (Phi) is 4.28. The molecule has 2 aromatic rings. The third-order valence-electron chi connectivity index (χ3n) is 4.03. The minimum atomic E-state index is -0.203. The summed E-state index contributed by atoms with van der Waals surface area (Å²) in [5.41, 5.74) is 3.23. The number of para-hydroxylation sites is 2. The number of carbonyl (C=O) groups is 1. The summed E-state index contributed by atoms with van der Waals surface area (Å²) in [6.07, 6.45) is 3.15. The Balaban J connectivity index is 1.70. The van der Waals surface area contributed by atoms with E-state index in [0.29, 0.717) is 11.4 Å². The number of fused-ring (bicyclic) bond motifs is 1. The molecule has 0 saturated heterocycles. The summed E-state index contributed by atoms with van der Waals surface area (Å²) in [5, 5.41) is 5.93. The fraction of sp³-hybridized carbons (Fsp3) is 0.278. The molecule has 4 nitrogen and oxygen atoms in total. The summed E-state index contributed by atoms with van der Waals surface area (Å²) >= 11 is 0. The van der Waals surface area contributed by atoms with E-state index in [9.17, 15) is 4.79 Å². The van der Waals surface area contributed by atoms with Crippen molar-refractivity contribution >= 4 is 11.7 Å². The smallest absolute Gasteiger partial charge is 0.319 e. The maximum absolute atomic E-state index is 12.3. The molecule has 0 spiro atoms. The molecule has 0 heterocycles. The molecule has 0 bridgehead atoms. The van der Waals surface area contributed by atoms with Crippen molar-refractivity contribution in [2.45, 2.75) is 25.3 Å². The molecule has 0 saturated carbocycles. The maximum atomic E-state index is 12.3. The van der Waals surface area contributed by atoms with Crippen LogP contribution < -0.4 is 15.4 Å². The van der Waals surface area contributed by atoms with E-state index >= 15 is 0 Å². The van der Waals surface area contributed by atoms with Gasteiger partial charge in [0.2, 0.25) is 0 Å². The molecule has 114 valence electrons. The van der Waals surface area contributed by atoms with Gasteiger partial charge in [-0.3, -0.25) is 0 Å². The minimum Gasteiger partial charge on any atom is -0.495 e. The summed E-state index contributed by atoms with van der Waals surface area (Å²) < 4.78 is 5.25. The largest absolute Gasteiger partial charge is 0.495 e. The second-order valence-electron chi connectivity index (χ2n) is 5.44. The number of anilines is 1. The van der Waals surface area contributed by atoms with Crippen LogP contribution in [0.15, 0.2) is 48.5 Å². The first kappa shape index (κ1) is 14.4. The van der Waals surface area contributed by atoms with Crippen LogP contribution in [-0.4, -0.2) is 13.1 Å². The number of rotatable bonds is 3. The number of ether oxygens (including phenoxy) is 1. The molecule has 1 aliphatic rings. The number of methoxy groups -OCH3 is 1. The molecule has 0 aliphatic heterocycles. The van der Waals surface area contributed by atoms with Gasteiger partial charge < -0.3 is 15.4 Å². The van der Waals surface area contributed by atoms with Gasteiger partial charge in [-0.05, 0) is 42.5 Å². The average molecular weight is 296 g/mol. The van der Waals surface area contributed by atoms with Gasteiger partial charge in [0, 0.05) is 0 Å². The topological polar surface area (TPSA) is 50.4 Å². The highest BCUT2D eigenvalue weighted by Gasteiger charge is 2.21. The van der Waals surface area contributed by atoms with Crippen LogP contribution in [0.5, 0.6) is 5.75 Å². The minimum absolute atomic E-state index is 0.0691. The molecule has 1 aliphatic carbocycles. The molecular weight excluding hydrogens is 276 g/mol.